The number of pyridine rings is 1. The molecule has 8 heteroatoms. The van der Waals surface area contributed by atoms with E-state index < -0.39 is 5.76 Å². The molecule has 8 nitrogen and oxygen atoms in total. The molecule has 4 rings (SSSR count). The van der Waals surface area contributed by atoms with Gasteiger partial charge in [-0.3, -0.25) is 14.8 Å². The molecule has 1 aromatic carbocycles. The number of carbonyl (C=O) groups is 1. The van der Waals surface area contributed by atoms with Crippen LogP contribution in [0.1, 0.15) is 10.5 Å². The molecule has 0 bridgehead atoms. The van der Waals surface area contributed by atoms with Crippen LogP contribution in [0.5, 0.6) is 0 Å². The first-order chi connectivity index (χ1) is 11.7. The van der Waals surface area contributed by atoms with Crippen LogP contribution < -0.4 is 11.1 Å². The van der Waals surface area contributed by atoms with Crippen LogP contribution in [-0.2, 0) is 0 Å². The summed E-state index contributed by atoms with van der Waals surface area (Å²) in [5.74, 6) is -0.904. The summed E-state index contributed by atoms with van der Waals surface area (Å²) in [6.45, 7) is 0. The number of hydrogen-bond acceptors (Lipinski definition) is 5. The van der Waals surface area contributed by atoms with Gasteiger partial charge in [-0.15, -0.1) is 0 Å². The maximum Gasteiger partial charge on any atom is 0.417 e. The van der Waals surface area contributed by atoms with Crippen molar-refractivity contribution in [1.29, 1.82) is 0 Å². The van der Waals surface area contributed by atoms with Crippen molar-refractivity contribution in [2.75, 3.05) is 5.32 Å². The summed E-state index contributed by atoms with van der Waals surface area (Å²) in [6, 6.07) is 10.1. The lowest BCUT2D eigenvalue weighted by atomic mass is 10.3. The molecule has 0 spiro atoms. The highest BCUT2D eigenvalue weighted by molar-refractivity contribution is 6.03. The Kier molecular flexibility index (Phi) is 3.20. The number of fused-ring (bicyclic) bond motifs is 1. The van der Waals surface area contributed by atoms with E-state index in [1.165, 1.54) is 0 Å². The molecule has 118 valence electrons. The molecule has 0 saturated carbocycles. The normalized spacial score (nSPS) is 10.8. The van der Waals surface area contributed by atoms with E-state index in [1.807, 2.05) is 6.07 Å². The number of benzene rings is 1. The number of aromatic nitrogens is 4. The average Bonchev–Trinajstić information content (AvgIpc) is 3.21. The highest BCUT2D eigenvalue weighted by Gasteiger charge is 2.11. The number of carbonyl (C=O) groups excluding carboxylic acids is 1. The fraction of sp³-hybridized carbons (Fsp3) is 0. The summed E-state index contributed by atoms with van der Waals surface area (Å²) in [5.41, 5.74) is 2.46. The van der Waals surface area contributed by atoms with Crippen LogP contribution in [0, 0.1) is 0 Å². The van der Waals surface area contributed by atoms with Gasteiger partial charge in [0.2, 0.25) is 0 Å². The van der Waals surface area contributed by atoms with Crippen LogP contribution in [0.2, 0.25) is 0 Å². The van der Waals surface area contributed by atoms with Gasteiger partial charge < -0.3 is 9.73 Å². The molecule has 2 N–H and O–H groups in total. The Balaban J connectivity index is 1.57. The molecule has 4 aromatic rings. The van der Waals surface area contributed by atoms with Crippen molar-refractivity contribution in [2.24, 2.45) is 0 Å². The second-order valence-corrected chi connectivity index (χ2v) is 5.04. The second-order valence-electron chi connectivity index (χ2n) is 5.04. The Morgan fingerprint density at radius 2 is 2.17 bits per heavy atom. The zero-order valence-electron chi connectivity index (χ0n) is 12.3. The highest BCUT2D eigenvalue weighted by Crippen LogP contribution is 2.17. The summed E-state index contributed by atoms with van der Waals surface area (Å²) >= 11 is 0. The number of nitrogens with one attached hydrogen (secondary N) is 2. The summed E-state index contributed by atoms with van der Waals surface area (Å²) < 4.78 is 6.53. The van der Waals surface area contributed by atoms with Crippen LogP contribution in [0.3, 0.4) is 0 Å². The van der Waals surface area contributed by atoms with E-state index in [2.05, 4.69) is 20.4 Å². The topological polar surface area (TPSA) is 106 Å². The zero-order valence-corrected chi connectivity index (χ0v) is 12.3. The molecule has 24 heavy (non-hydrogen) atoms. The van der Waals surface area contributed by atoms with Gasteiger partial charge in [0.15, 0.2) is 11.3 Å². The molecule has 0 aliphatic heterocycles. The van der Waals surface area contributed by atoms with Crippen molar-refractivity contribution in [1.82, 2.24) is 19.7 Å². The zero-order chi connectivity index (χ0) is 16.5. The van der Waals surface area contributed by atoms with Gasteiger partial charge in [-0.05, 0) is 30.3 Å². The van der Waals surface area contributed by atoms with Crippen molar-refractivity contribution < 1.29 is 9.21 Å². The Morgan fingerprint density at radius 1 is 1.25 bits per heavy atom. The molecule has 0 aliphatic carbocycles. The monoisotopic (exact) mass is 321 g/mol. The molecule has 1 amide bonds. The third kappa shape index (κ3) is 2.56. The van der Waals surface area contributed by atoms with Gasteiger partial charge in [0.1, 0.15) is 0 Å². The van der Waals surface area contributed by atoms with E-state index >= 15 is 0 Å². The minimum absolute atomic E-state index is 0.259. The van der Waals surface area contributed by atoms with E-state index in [9.17, 15) is 9.59 Å². The fourth-order valence-corrected chi connectivity index (χ4v) is 2.30. The quantitative estimate of drug-likeness (QED) is 0.600. The maximum atomic E-state index is 12.3. The summed E-state index contributed by atoms with van der Waals surface area (Å²) in [4.78, 5) is 30.0. The van der Waals surface area contributed by atoms with E-state index in [-0.39, 0.29) is 11.6 Å². The lowest BCUT2D eigenvalue weighted by Crippen LogP contribution is -2.13. The van der Waals surface area contributed by atoms with Gasteiger partial charge in [-0.25, -0.2) is 9.48 Å². The number of H-pyrrole nitrogens is 1. The van der Waals surface area contributed by atoms with Crippen LogP contribution in [0.15, 0.2) is 64.2 Å². The molecule has 0 fully saturated rings. The van der Waals surface area contributed by atoms with Crippen molar-refractivity contribution in [2.45, 2.75) is 0 Å². The number of amides is 1. The summed E-state index contributed by atoms with van der Waals surface area (Å²) in [5, 5.41) is 6.95. The van der Waals surface area contributed by atoms with Gasteiger partial charge in [0.25, 0.3) is 5.91 Å². The smallest absolute Gasteiger partial charge is 0.408 e. The Bertz CT molecular complexity index is 1080. The minimum Gasteiger partial charge on any atom is -0.408 e. The Morgan fingerprint density at radius 3 is 3.00 bits per heavy atom. The molecule has 0 saturated heterocycles. The third-order valence-corrected chi connectivity index (χ3v) is 3.41. The highest BCUT2D eigenvalue weighted by atomic mass is 16.4. The maximum absolute atomic E-state index is 12.3. The van der Waals surface area contributed by atoms with Gasteiger partial charge in [0.05, 0.1) is 17.4 Å². The lowest BCUT2D eigenvalue weighted by molar-refractivity contribution is 0.102. The first-order valence-electron chi connectivity index (χ1n) is 7.09. The molecule has 0 atom stereocenters. The Hall–Kier alpha value is -3.68. The summed E-state index contributed by atoms with van der Waals surface area (Å²) in [6.07, 6.45) is 4.99. The van der Waals surface area contributed by atoms with Crippen LogP contribution in [-0.4, -0.2) is 25.7 Å². The second kappa shape index (κ2) is 5.51. The largest absolute Gasteiger partial charge is 0.417 e. The standard InChI is InChI=1S/C16H11N5O3/c22-15(13-5-7-21(20-13)11-2-1-6-17-9-11)18-10-3-4-12-14(8-10)24-16(23)19-12/h1-9H,(H,18,22)(H,19,23). The van der Waals surface area contributed by atoms with Crippen LogP contribution in [0.4, 0.5) is 5.69 Å². The Labute approximate surface area is 134 Å². The predicted octanol–water partition coefficient (Wildman–Crippen LogP) is 1.95. The van der Waals surface area contributed by atoms with Crippen LogP contribution >= 0.6 is 0 Å². The number of nitrogens with zero attached hydrogens (tertiary/aromatic N) is 3. The van der Waals surface area contributed by atoms with Gasteiger partial charge in [-0.2, -0.15) is 5.10 Å². The van der Waals surface area contributed by atoms with E-state index in [4.69, 9.17) is 4.42 Å². The van der Waals surface area contributed by atoms with E-state index in [0.717, 1.165) is 5.69 Å². The molecular formula is C16H11N5O3. The summed E-state index contributed by atoms with van der Waals surface area (Å²) in [7, 11) is 0. The van der Waals surface area contributed by atoms with Crippen molar-refractivity contribution >= 4 is 22.7 Å². The molecule has 0 radical (unpaired) electrons. The lowest BCUT2D eigenvalue weighted by Gasteiger charge is -2.03. The predicted molar refractivity (Wildman–Crippen MR) is 86.1 cm³/mol. The fourth-order valence-electron chi connectivity index (χ4n) is 2.30. The van der Waals surface area contributed by atoms with Gasteiger partial charge in [0, 0.05) is 24.1 Å². The molecule has 3 aromatic heterocycles. The minimum atomic E-state index is -0.538. The van der Waals surface area contributed by atoms with Crippen LogP contribution in [0.25, 0.3) is 16.8 Å². The number of hydrogen-bond donors (Lipinski definition) is 2. The third-order valence-electron chi connectivity index (χ3n) is 3.41. The number of oxazole rings is 1. The first kappa shape index (κ1) is 13.9. The SMILES string of the molecule is O=C(Nc1ccc2[nH]c(=O)oc2c1)c1ccn(-c2cccnc2)n1. The number of anilines is 1. The van der Waals surface area contributed by atoms with E-state index in [1.54, 1.807) is 53.6 Å². The van der Waals surface area contributed by atoms with Gasteiger partial charge >= 0.3 is 5.76 Å². The van der Waals surface area contributed by atoms with E-state index in [0.29, 0.717) is 16.8 Å². The molecular weight excluding hydrogens is 310 g/mol. The number of aromatic amines is 1. The first-order valence-corrected chi connectivity index (χ1v) is 7.09. The van der Waals surface area contributed by atoms with Gasteiger partial charge in [-0.1, -0.05) is 0 Å². The average molecular weight is 321 g/mol. The van der Waals surface area contributed by atoms with Crippen molar-refractivity contribution in [3.05, 3.63) is 71.2 Å². The van der Waals surface area contributed by atoms with Crippen molar-refractivity contribution in [3.63, 3.8) is 0 Å². The number of rotatable bonds is 3. The molecule has 3 heterocycles. The molecule has 0 unspecified atom stereocenters. The van der Waals surface area contributed by atoms with Crippen molar-refractivity contribution in [3.8, 4) is 5.69 Å². The molecule has 0 aliphatic rings.